The van der Waals surface area contributed by atoms with Crippen molar-refractivity contribution >= 4 is 51.3 Å². The highest BCUT2D eigenvalue weighted by atomic mass is 35.5. The second-order valence-corrected chi connectivity index (χ2v) is 7.33. The Morgan fingerprint density at radius 2 is 2.03 bits per heavy atom. The monoisotopic (exact) mass is 451 g/mol. The van der Waals surface area contributed by atoms with Gasteiger partial charge in [0.2, 0.25) is 0 Å². The molecule has 0 saturated heterocycles. The second kappa shape index (κ2) is 9.64. The molecule has 2 N–H and O–H groups in total. The lowest BCUT2D eigenvalue weighted by atomic mass is 10.1. The molecule has 150 valence electrons. The number of hydrogen-bond donors (Lipinski definition) is 2. The minimum atomic E-state index is -0.476. The smallest absolute Gasteiger partial charge is 0.264 e. The molecule has 0 bridgehead atoms. The van der Waals surface area contributed by atoms with E-state index in [1.807, 2.05) is 0 Å². The van der Waals surface area contributed by atoms with Gasteiger partial charge in [-0.3, -0.25) is 10.1 Å². The molecule has 0 unspecified atom stereocenters. The number of rotatable bonds is 6. The van der Waals surface area contributed by atoms with E-state index in [-0.39, 0.29) is 17.5 Å². The van der Waals surface area contributed by atoms with E-state index in [1.54, 1.807) is 35.7 Å². The van der Waals surface area contributed by atoms with Crippen LogP contribution in [-0.4, -0.2) is 29.7 Å². The Hall–Kier alpha value is -2.75. The van der Waals surface area contributed by atoms with Gasteiger partial charge in [0.15, 0.2) is 28.4 Å². The molecule has 0 saturated carbocycles. The van der Waals surface area contributed by atoms with E-state index >= 15 is 0 Å². The van der Waals surface area contributed by atoms with Crippen LogP contribution in [0.25, 0.3) is 11.3 Å². The molecule has 0 atom stereocenters. The van der Waals surface area contributed by atoms with E-state index in [1.165, 1.54) is 30.6 Å². The predicted molar refractivity (Wildman–Crippen MR) is 115 cm³/mol. The minimum Gasteiger partial charge on any atom is -0.494 e. The third-order valence-corrected chi connectivity index (χ3v) is 4.82. The highest BCUT2D eigenvalue weighted by Gasteiger charge is 2.11. The van der Waals surface area contributed by atoms with Gasteiger partial charge in [0.25, 0.3) is 5.91 Å². The molecule has 3 aromatic rings. The molecular weight excluding hydrogens is 437 g/mol. The van der Waals surface area contributed by atoms with Gasteiger partial charge in [0, 0.05) is 16.0 Å². The maximum absolute atomic E-state index is 13.9. The third-order valence-electron chi connectivity index (χ3n) is 3.61. The molecule has 3 rings (SSSR count). The van der Waals surface area contributed by atoms with Crippen LogP contribution in [0, 0.1) is 5.82 Å². The number of hydrogen-bond acceptors (Lipinski definition) is 6. The Bertz CT molecular complexity index is 1030. The number of thiazole rings is 1. The van der Waals surface area contributed by atoms with Gasteiger partial charge >= 0.3 is 0 Å². The molecule has 2 aromatic carbocycles. The van der Waals surface area contributed by atoms with E-state index in [0.29, 0.717) is 27.2 Å². The Morgan fingerprint density at radius 1 is 1.28 bits per heavy atom. The van der Waals surface area contributed by atoms with Crippen LogP contribution in [0.2, 0.25) is 5.02 Å². The van der Waals surface area contributed by atoms with Crippen molar-refractivity contribution in [2.75, 3.05) is 19.0 Å². The number of nitrogens with zero attached hydrogens (tertiary/aromatic N) is 1. The summed E-state index contributed by atoms with van der Waals surface area (Å²) in [5.74, 6) is -0.228. The number of halogens is 2. The van der Waals surface area contributed by atoms with Gasteiger partial charge in [-0.15, -0.1) is 11.3 Å². The average Bonchev–Trinajstić information content (AvgIpc) is 3.15. The average molecular weight is 452 g/mol. The topological polar surface area (TPSA) is 72.5 Å². The molecule has 10 heteroatoms. The van der Waals surface area contributed by atoms with Crippen molar-refractivity contribution in [2.24, 2.45) is 0 Å². The van der Waals surface area contributed by atoms with Gasteiger partial charge in [0.1, 0.15) is 5.75 Å². The van der Waals surface area contributed by atoms with Gasteiger partial charge < -0.3 is 14.8 Å². The molecule has 1 aromatic heterocycles. The first-order valence-corrected chi connectivity index (χ1v) is 9.90. The van der Waals surface area contributed by atoms with Crippen LogP contribution < -0.4 is 20.1 Å². The predicted octanol–water partition coefficient (Wildman–Crippen LogP) is 4.50. The van der Waals surface area contributed by atoms with Crippen LogP contribution in [-0.2, 0) is 4.79 Å². The summed E-state index contributed by atoms with van der Waals surface area (Å²) < 4.78 is 24.1. The first kappa shape index (κ1) is 21.0. The van der Waals surface area contributed by atoms with Crippen LogP contribution in [0.15, 0.2) is 47.8 Å². The van der Waals surface area contributed by atoms with Crippen molar-refractivity contribution in [3.8, 4) is 22.8 Å². The molecule has 1 amide bonds. The fraction of sp³-hybridized carbons (Fsp3) is 0.105. The fourth-order valence-corrected chi connectivity index (χ4v) is 3.39. The molecule has 0 aliphatic carbocycles. The summed E-state index contributed by atoms with van der Waals surface area (Å²) >= 11 is 12.2. The summed E-state index contributed by atoms with van der Waals surface area (Å²) in [6.07, 6.45) is 0. The number of nitrogens with one attached hydrogen (secondary N) is 2. The van der Waals surface area contributed by atoms with Gasteiger partial charge in [-0.25, -0.2) is 9.37 Å². The van der Waals surface area contributed by atoms with E-state index < -0.39 is 11.7 Å². The molecule has 29 heavy (non-hydrogen) atoms. The van der Waals surface area contributed by atoms with Crippen LogP contribution in [0.4, 0.5) is 9.52 Å². The van der Waals surface area contributed by atoms with Gasteiger partial charge in [-0.2, -0.15) is 0 Å². The summed E-state index contributed by atoms with van der Waals surface area (Å²) in [5, 5.41) is 8.19. The Balaban J connectivity index is 1.52. The molecule has 0 spiro atoms. The summed E-state index contributed by atoms with van der Waals surface area (Å²) in [7, 11) is 1.40. The Labute approximate surface area is 180 Å². The lowest BCUT2D eigenvalue weighted by Crippen LogP contribution is -2.37. The molecule has 0 aliphatic rings. The van der Waals surface area contributed by atoms with Gasteiger partial charge in [-0.05, 0) is 54.7 Å². The zero-order valence-electron chi connectivity index (χ0n) is 15.1. The van der Waals surface area contributed by atoms with Crippen molar-refractivity contribution in [3.63, 3.8) is 0 Å². The number of amides is 1. The zero-order valence-corrected chi connectivity index (χ0v) is 17.5. The van der Waals surface area contributed by atoms with Crippen molar-refractivity contribution in [1.29, 1.82) is 0 Å². The number of thiocarbonyl (C=S) groups is 1. The highest BCUT2D eigenvalue weighted by molar-refractivity contribution is 7.80. The van der Waals surface area contributed by atoms with E-state index in [0.717, 1.165) is 0 Å². The summed E-state index contributed by atoms with van der Waals surface area (Å²) in [5.41, 5.74) is 1.16. The van der Waals surface area contributed by atoms with E-state index in [4.69, 9.17) is 33.3 Å². The van der Waals surface area contributed by atoms with Crippen LogP contribution in [0.3, 0.4) is 0 Å². The number of aromatic nitrogens is 1. The summed E-state index contributed by atoms with van der Waals surface area (Å²) in [6, 6.07) is 11.2. The first-order chi connectivity index (χ1) is 13.9. The zero-order chi connectivity index (χ0) is 20.8. The lowest BCUT2D eigenvalue weighted by molar-refractivity contribution is -0.121. The Kier molecular flexibility index (Phi) is 6.97. The number of ether oxygens (including phenoxy) is 2. The second-order valence-electron chi connectivity index (χ2n) is 5.63. The van der Waals surface area contributed by atoms with Crippen molar-refractivity contribution < 1.29 is 18.7 Å². The Morgan fingerprint density at radius 3 is 2.72 bits per heavy atom. The third kappa shape index (κ3) is 5.86. The lowest BCUT2D eigenvalue weighted by Gasteiger charge is -2.08. The number of benzene rings is 2. The van der Waals surface area contributed by atoms with Crippen molar-refractivity contribution in [2.45, 2.75) is 0 Å². The first-order valence-electron chi connectivity index (χ1n) is 8.23. The molecule has 0 radical (unpaired) electrons. The summed E-state index contributed by atoms with van der Waals surface area (Å²) in [6.45, 7) is -0.211. The van der Waals surface area contributed by atoms with Crippen LogP contribution in [0.1, 0.15) is 0 Å². The molecule has 6 nitrogen and oxygen atoms in total. The molecule has 0 fully saturated rings. The number of methoxy groups -OCH3 is 1. The van der Waals surface area contributed by atoms with E-state index in [9.17, 15) is 9.18 Å². The number of anilines is 1. The largest absolute Gasteiger partial charge is 0.494 e. The maximum atomic E-state index is 13.9. The SMILES string of the molecule is COc1ccc(-c2csc(NC(=S)NC(=O)COc3ccc(Cl)cc3)n2)cc1F. The van der Waals surface area contributed by atoms with Crippen LogP contribution in [0.5, 0.6) is 11.5 Å². The van der Waals surface area contributed by atoms with Crippen LogP contribution >= 0.6 is 35.2 Å². The van der Waals surface area contributed by atoms with E-state index in [2.05, 4.69) is 15.6 Å². The highest BCUT2D eigenvalue weighted by Crippen LogP contribution is 2.28. The number of carbonyl (C=O) groups excluding carboxylic acids is 1. The molecule has 0 aliphatic heterocycles. The minimum absolute atomic E-state index is 0.0801. The van der Waals surface area contributed by atoms with Crippen molar-refractivity contribution in [3.05, 3.63) is 58.7 Å². The number of carbonyl (C=O) groups is 1. The quantitative estimate of drug-likeness (QED) is 0.537. The van der Waals surface area contributed by atoms with Gasteiger partial charge in [-0.1, -0.05) is 11.6 Å². The molecular formula is C19H15ClFN3O3S2. The normalized spacial score (nSPS) is 10.3. The fourth-order valence-electron chi connectivity index (χ4n) is 2.26. The van der Waals surface area contributed by atoms with Gasteiger partial charge in [0.05, 0.1) is 12.8 Å². The van der Waals surface area contributed by atoms with Crippen molar-refractivity contribution in [1.82, 2.24) is 10.3 Å². The standard InChI is InChI=1S/C19H15ClFN3O3S2/c1-26-16-7-2-11(8-14(16)21)15-10-29-19(22-15)24-18(28)23-17(25)9-27-13-5-3-12(20)4-6-13/h2-8,10H,9H2,1H3,(H2,22,23,24,25,28). The summed E-state index contributed by atoms with van der Waals surface area (Å²) in [4.78, 5) is 16.3. The molecule has 1 heterocycles. The maximum Gasteiger partial charge on any atom is 0.264 e.